The van der Waals surface area contributed by atoms with Gasteiger partial charge in [-0.25, -0.2) is 0 Å². The van der Waals surface area contributed by atoms with Gasteiger partial charge in [0.25, 0.3) is 0 Å². The average Bonchev–Trinajstić information content (AvgIpc) is 3.02. The molecule has 0 aliphatic rings. The molecule has 6 nitrogen and oxygen atoms in total. The van der Waals surface area contributed by atoms with Gasteiger partial charge in [0.05, 0.1) is 10.9 Å². The van der Waals surface area contributed by atoms with Gasteiger partial charge in [-0.3, -0.25) is 4.79 Å². The molecule has 1 heterocycles. The van der Waals surface area contributed by atoms with Crippen molar-refractivity contribution in [1.82, 2.24) is 20.2 Å². The molecule has 1 aromatic heterocycles. The first-order valence-electron chi connectivity index (χ1n) is 6.95. The van der Waals surface area contributed by atoms with Crippen LogP contribution >= 0.6 is 11.8 Å². The maximum Gasteiger partial charge on any atom is 0.215 e. The normalized spacial score (nSPS) is 12.0. The van der Waals surface area contributed by atoms with Gasteiger partial charge in [-0.2, -0.15) is 4.68 Å². The van der Waals surface area contributed by atoms with Crippen LogP contribution in [0, 0.1) is 0 Å². The predicted molar refractivity (Wildman–Crippen MR) is 86.5 cm³/mol. The number of phenolic OH excluding ortho intramolecular Hbond substituents is 1. The zero-order valence-corrected chi connectivity index (χ0v) is 13.1. The fourth-order valence-electron chi connectivity index (χ4n) is 2.13. The topological polar surface area (TPSA) is 80.9 Å². The van der Waals surface area contributed by atoms with Gasteiger partial charge < -0.3 is 5.11 Å². The Morgan fingerprint density at radius 1 is 1.13 bits per heavy atom. The zero-order valence-electron chi connectivity index (χ0n) is 12.3. The minimum Gasteiger partial charge on any atom is -0.508 e. The number of nitrogens with zero attached hydrogens (tertiary/aromatic N) is 4. The van der Waals surface area contributed by atoms with Crippen LogP contribution in [0.2, 0.25) is 0 Å². The van der Waals surface area contributed by atoms with Crippen molar-refractivity contribution in [2.75, 3.05) is 0 Å². The predicted octanol–water partition coefficient (Wildman–Crippen LogP) is 2.79. The largest absolute Gasteiger partial charge is 0.508 e. The first-order valence-corrected chi connectivity index (χ1v) is 7.83. The highest BCUT2D eigenvalue weighted by atomic mass is 32.2. The maximum absolute atomic E-state index is 12.0. The number of aromatic nitrogens is 4. The Morgan fingerprint density at radius 2 is 1.83 bits per heavy atom. The molecule has 0 aliphatic heterocycles. The number of ketones is 1. The van der Waals surface area contributed by atoms with Crippen LogP contribution in [0.15, 0.2) is 59.8 Å². The molecule has 0 spiro atoms. The summed E-state index contributed by atoms with van der Waals surface area (Å²) in [5, 5.41) is 21.2. The summed E-state index contributed by atoms with van der Waals surface area (Å²) in [6.45, 7) is 1.55. The van der Waals surface area contributed by atoms with E-state index in [4.69, 9.17) is 0 Å². The summed E-state index contributed by atoms with van der Waals surface area (Å²) in [5.41, 5.74) is 1.62. The molecule has 0 aliphatic carbocycles. The summed E-state index contributed by atoms with van der Waals surface area (Å²) in [6, 6.07) is 16.1. The van der Waals surface area contributed by atoms with Crippen LogP contribution in [-0.4, -0.2) is 31.1 Å². The molecule has 0 unspecified atom stereocenters. The number of benzene rings is 2. The summed E-state index contributed by atoms with van der Waals surface area (Å²) < 4.78 is 1.54. The Morgan fingerprint density at radius 3 is 2.48 bits per heavy atom. The second kappa shape index (κ2) is 6.62. The van der Waals surface area contributed by atoms with E-state index in [9.17, 15) is 9.90 Å². The van der Waals surface area contributed by atoms with Crippen LogP contribution < -0.4 is 0 Å². The molecule has 0 bridgehead atoms. The minimum absolute atomic E-state index is 0.0291. The van der Waals surface area contributed by atoms with Gasteiger partial charge in [-0.05, 0) is 47.2 Å². The molecule has 1 atom stereocenters. The SMILES string of the molecule is CC(=O)[C@H](Sc1nnnn1-c1ccc(O)cc1)c1ccccc1. The highest BCUT2D eigenvalue weighted by Gasteiger charge is 2.22. The zero-order chi connectivity index (χ0) is 16.2. The first-order chi connectivity index (χ1) is 11.1. The maximum atomic E-state index is 12.0. The number of phenols is 1. The summed E-state index contributed by atoms with van der Waals surface area (Å²) in [7, 11) is 0. The molecular formula is C16H14N4O2S. The first kappa shape index (κ1) is 15.2. The van der Waals surface area contributed by atoms with E-state index in [-0.39, 0.29) is 16.8 Å². The van der Waals surface area contributed by atoms with Crippen molar-refractivity contribution in [2.24, 2.45) is 0 Å². The number of rotatable bonds is 5. The van der Waals surface area contributed by atoms with Crippen molar-refractivity contribution in [3.63, 3.8) is 0 Å². The lowest BCUT2D eigenvalue weighted by Gasteiger charge is -2.13. The molecule has 0 fully saturated rings. The number of carbonyl (C=O) groups is 1. The van der Waals surface area contributed by atoms with Crippen LogP contribution in [0.5, 0.6) is 5.75 Å². The van der Waals surface area contributed by atoms with Gasteiger partial charge >= 0.3 is 0 Å². The van der Waals surface area contributed by atoms with Gasteiger partial charge in [0.1, 0.15) is 11.5 Å². The van der Waals surface area contributed by atoms with Crippen molar-refractivity contribution in [1.29, 1.82) is 0 Å². The molecule has 0 amide bonds. The minimum atomic E-state index is -0.377. The molecule has 3 aromatic rings. The standard InChI is InChI=1S/C16H14N4O2S/c1-11(21)15(12-5-3-2-4-6-12)23-16-17-18-19-20(16)13-7-9-14(22)10-8-13/h2-10,15,22H,1H3/t15-/m0/s1. The number of hydrogen-bond acceptors (Lipinski definition) is 6. The average molecular weight is 326 g/mol. The fraction of sp³-hybridized carbons (Fsp3) is 0.125. The van der Waals surface area contributed by atoms with Crippen molar-refractivity contribution in [2.45, 2.75) is 17.3 Å². The molecular weight excluding hydrogens is 312 g/mol. The van der Waals surface area contributed by atoms with Gasteiger partial charge in [0.2, 0.25) is 5.16 Å². The fourth-order valence-corrected chi connectivity index (χ4v) is 3.12. The molecule has 116 valence electrons. The Balaban J connectivity index is 1.92. The van der Waals surface area contributed by atoms with Crippen molar-refractivity contribution < 1.29 is 9.90 Å². The summed E-state index contributed by atoms with van der Waals surface area (Å²) >= 11 is 1.30. The van der Waals surface area contributed by atoms with Crippen LogP contribution in [0.25, 0.3) is 5.69 Å². The molecule has 23 heavy (non-hydrogen) atoms. The van der Waals surface area contributed by atoms with E-state index in [2.05, 4.69) is 15.5 Å². The van der Waals surface area contributed by atoms with Crippen LogP contribution in [-0.2, 0) is 4.79 Å². The van der Waals surface area contributed by atoms with E-state index < -0.39 is 0 Å². The van der Waals surface area contributed by atoms with Crippen LogP contribution in [0.3, 0.4) is 0 Å². The molecule has 7 heteroatoms. The Hall–Kier alpha value is -2.67. The van der Waals surface area contributed by atoms with E-state index in [1.54, 1.807) is 35.9 Å². The Kier molecular flexibility index (Phi) is 4.38. The quantitative estimate of drug-likeness (QED) is 0.726. The smallest absolute Gasteiger partial charge is 0.215 e. The van der Waals surface area contributed by atoms with Crippen LogP contribution in [0.4, 0.5) is 0 Å². The van der Waals surface area contributed by atoms with E-state index in [0.717, 1.165) is 5.56 Å². The van der Waals surface area contributed by atoms with Gasteiger partial charge in [-0.15, -0.1) is 5.10 Å². The lowest BCUT2D eigenvalue weighted by molar-refractivity contribution is -0.116. The molecule has 0 saturated carbocycles. The third kappa shape index (κ3) is 3.40. The summed E-state index contributed by atoms with van der Waals surface area (Å²) in [5.74, 6) is 0.198. The third-order valence-corrected chi connectivity index (χ3v) is 4.54. The monoisotopic (exact) mass is 326 g/mol. The number of carbonyl (C=O) groups excluding carboxylic acids is 1. The second-order valence-electron chi connectivity index (χ2n) is 4.91. The summed E-state index contributed by atoms with van der Waals surface area (Å²) in [6.07, 6.45) is 0. The van der Waals surface area contributed by atoms with Crippen LogP contribution in [0.1, 0.15) is 17.7 Å². The second-order valence-corrected chi connectivity index (χ2v) is 5.98. The number of hydrogen-bond donors (Lipinski definition) is 1. The number of tetrazole rings is 1. The van der Waals surface area contributed by atoms with E-state index in [0.29, 0.717) is 10.8 Å². The number of thioether (sulfide) groups is 1. The van der Waals surface area contributed by atoms with Gasteiger partial charge in [0, 0.05) is 0 Å². The molecule has 0 saturated heterocycles. The van der Waals surface area contributed by atoms with Crippen molar-refractivity contribution in [3.8, 4) is 11.4 Å². The van der Waals surface area contributed by atoms with E-state index in [1.165, 1.54) is 11.8 Å². The highest BCUT2D eigenvalue weighted by Crippen LogP contribution is 2.35. The lowest BCUT2D eigenvalue weighted by Crippen LogP contribution is -2.07. The highest BCUT2D eigenvalue weighted by molar-refractivity contribution is 8.00. The van der Waals surface area contributed by atoms with Gasteiger partial charge in [-0.1, -0.05) is 42.1 Å². The Labute approximate surface area is 137 Å². The van der Waals surface area contributed by atoms with Crippen molar-refractivity contribution in [3.05, 3.63) is 60.2 Å². The number of aromatic hydroxyl groups is 1. The third-order valence-electron chi connectivity index (χ3n) is 3.23. The van der Waals surface area contributed by atoms with E-state index >= 15 is 0 Å². The van der Waals surface area contributed by atoms with E-state index in [1.807, 2.05) is 30.3 Å². The molecule has 2 aromatic carbocycles. The molecule has 1 N–H and O–H groups in total. The molecule has 3 rings (SSSR count). The molecule has 0 radical (unpaired) electrons. The Bertz CT molecular complexity index is 802. The van der Waals surface area contributed by atoms with Gasteiger partial charge in [0.15, 0.2) is 0 Å². The number of Topliss-reactive ketones (excluding diaryl/α,β-unsaturated/α-hetero) is 1. The lowest BCUT2D eigenvalue weighted by atomic mass is 10.1. The summed E-state index contributed by atoms with van der Waals surface area (Å²) in [4.78, 5) is 12.0. The van der Waals surface area contributed by atoms with Crippen molar-refractivity contribution >= 4 is 17.5 Å².